The van der Waals surface area contributed by atoms with Crippen LogP contribution in [0, 0.1) is 0 Å². The van der Waals surface area contributed by atoms with Crippen molar-refractivity contribution in [2.24, 2.45) is 0 Å². The Morgan fingerprint density at radius 3 is 2.50 bits per heavy atom. The molecule has 0 atom stereocenters. The summed E-state index contributed by atoms with van der Waals surface area (Å²) in [5.41, 5.74) is 5.11. The second-order valence-corrected chi connectivity index (χ2v) is 7.77. The van der Waals surface area contributed by atoms with Crippen molar-refractivity contribution in [3.63, 3.8) is 0 Å². The number of hydrogen-bond donors (Lipinski definition) is 1. The van der Waals surface area contributed by atoms with Crippen LogP contribution in [0.4, 0.5) is 0 Å². The number of hydrogen-bond acceptors (Lipinski definition) is 5. The SMILES string of the molecule is COCCNC(=O)c1nn(-c2ccc(Br)cc2)c2c1Cc1cc(OC)c(OC)cc1-2. The van der Waals surface area contributed by atoms with Crippen molar-refractivity contribution >= 4 is 21.8 Å². The predicted octanol–water partition coefficient (Wildman–Crippen LogP) is 3.60. The van der Waals surface area contributed by atoms with Gasteiger partial charge in [0.05, 0.1) is 32.2 Å². The normalized spacial score (nSPS) is 11.7. The zero-order valence-corrected chi connectivity index (χ0v) is 18.6. The van der Waals surface area contributed by atoms with E-state index in [1.54, 1.807) is 21.3 Å². The summed E-state index contributed by atoms with van der Waals surface area (Å²) in [6.07, 6.45) is 0.592. The Hall–Kier alpha value is -2.84. The third kappa shape index (κ3) is 3.57. The Kier molecular flexibility index (Phi) is 5.78. The van der Waals surface area contributed by atoms with E-state index in [0.29, 0.717) is 36.8 Å². The van der Waals surface area contributed by atoms with Crippen LogP contribution in [0.2, 0.25) is 0 Å². The number of nitrogens with one attached hydrogen (secondary N) is 1. The van der Waals surface area contributed by atoms with Gasteiger partial charge in [-0.2, -0.15) is 5.10 Å². The van der Waals surface area contributed by atoms with Gasteiger partial charge >= 0.3 is 0 Å². The van der Waals surface area contributed by atoms with Crippen molar-refractivity contribution in [1.82, 2.24) is 15.1 Å². The molecule has 1 aliphatic carbocycles. The second-order valence-electron chi connectivity index (χ2n) is 6.85. The van der Waals surface area contributed by atoms with Gasteiger partial charge in [0.2, 0.25) is 0 Å². The minimum atomic E-state index is -0.217. The summed E-state index contributed by atoms with van der Waals surface area (Å²) in [5.74, 6) is 1.08. The number of benzene rings is 2. The van der Waals surface area contributed by atoms with Gasteiger partial charge < -0.3 is 19.5 Å². The van der Waals surface area contributed by atoms with E-state index in [1.165, 1.54) is 0 Å². The molecule has 0 bridgehead atoms. The van der Waals surface area contributed by atoms with Crippen molar-refractivity contribution in [2.45, 2.75) is 6.42 Å². The number of aromatic nitrogens is 2. The van der Waals surface area contributed by atoms with Crippen LogP contribution in [0.25, 0.3) is 16.9 Å². The Balaban J connectivity index is 1.86. The molecule has 0 fully saturated rings. The highest BCUT2D eigenvalue weighted by Gasteiger charge is 2.32. The number of carbonyl (C=O) groups excluding carboxylic acids is 1. The lowest BCUT2D eigenvalue weighted by Crippen LogP contribution is -2.28. The molecule has 0 aliphatic heterocycles. The van der Waals surface area contributed by atoms with Gasteiger partial charge in [-0.25, -0.2) is 4.68 Å². The smallest absolute Gasteiger partial charge is 0.272 e. The summed E-state index contributed by atoms with van der Waals surface area (Å²) in [6, 6.07) is 11.7. The lowest BCUT2D eigenvalue weighted by Gasteiger charge is -2.12. The fraction of sp³-hybridized carbons (Fsp3) is 0.273. The molecule has 2 aromatic carbocycles. The van der Waals surface area contributed by atoms with Crippen LogP contribution in [-0.2, 0) is 11.2 Å². The fourth-order valence-corrected chi connectivity index (χ4v) is 3.94. The van der Waals surface area contributed by atoms with Gasteiger partial charge in [-0.05, 0) is 42.0 Å². The van der Waals surface area contributed by atoms with E-state index >= 15 is 0 Å². The molecule has 1 aliphatic rings. The van der Waals surface area contributed by atoms with Gasteiger partial charge in [0.1, 0.15) is 0 Å². The lowest BCUT2D eigenvalue weighted by atomic mass is 10.1. The van der Waals surface area contributed by atoms with E-state index in [0.717, 1.165) is 32.5 Å². The Bertz CT molecular complexity index is 1090. The van der Waals surface area contributed by atoms with Gasteiger partial charge in [0.25, 0.3) is 5.91 Å². The highest BCUT2D eigenvalue weighted by Crippen LogP contribution is 2.44. The second kappa shape index (κ2) is 8.49. The molecule has 1 aromatic heterocycles. The molecular weight excluding hydrogens is 450 g/mol. The number of methoxy groups -OCH3 is 3. The summed E-state index contributed by atoms with van der Waals surface area (Å²) in [7, 11) is 4.83. The minimum Gasteiger partial charge on any atom is -0.493 e. The number of carbonyl (C=O) groups is 1. The van der Waals surface area contributed by atoms with Gasteiger partial charge in [-0.1, -0.05) is 15.9 Å². The topological polar surface area (TPSA) is 74.6 Å². The van der Waals surface area contributed by atoms with Gasteiger partial charge in [0, 0.05) is 35.7 Å². The van der Waals surface area contributed by atoms with Gasteiger partial charge in [-0.15, -0.1) is 0 Å². The van der Waals surface area contributed by atoms with Crippen LogP contribution in [-0.4, -0.2) is 50.2 Å². The zero-order valence-electron chi connectivity index (χ0n) is 17.0. The summed E-state index contributed by atoms with van der Waals surface area (Å²) >= 11 is 3.47. The van der Waals surface area contributed by atoms with Gasteiger partial charge in [0.15, 0.2) is 17.2 Å². The number of halogens is 1. The van der Waals surface area contributed by atoms with Crippen LogP contribution in [0.3, 0.4) is 0 Å². The van der Waals surface area contributed by atoms with E-state index in [1.807, 2.05) is 41.1 Å². The third-order valence-electron chi connectivity index (χ3n) is 5.09. The first-order chi connectivity index (χ1) is 14.6. The number of amides is 1. The molecule has 156 valence electrons. The van der Waals surface area contributed by atoms with E-state index < -0.39 is 0 Å². The molecule has 0 unspecified atom stereocenters. The number of ether oxygens (including phenoxy) is 3. The first kappa shape index (κ1) is 20.4. The summed E-state index contributed by atoms with van der Waals surface area (Å²) < 4.78 is 18.8. The monoisotopic (exact) mass is 471 g/mol. The highest BCUT2D eigenvalue weighted by atomic mass is 79.9. The maximum absolute atomic E-state index is 12.9. The van der Waals surface area contributed by atoms with Crippen molar-refractivity contribution in [3.05, 3.63) is 57.7 Å². The molecule has 0 saturated carbocycles. The van der Waals surface area contributed by atoms with E-state index in [9.17, 15) is 4.79 Å². The van der Waals surface area contributed by atoms with Crippen LogP contribution in [0.1, 0.15) is 21.6 Å². The molecule has 30 heavy (non-hydrogen) atoms. The third-order valence-corrected chi connectivity index (χ3v) is 5.62. The average molecular weight is 472 g/mol. The quantitative estimate of drug-likeness (QED) is 0.416. The average Bonchev–Trinajstić information content (AvgIpc) is 3.30. The number of nitrogens with zero attached hydrogens (tertiary/aromatic N) is 2. The highest BCUT2D eigenvalue weighted by molar-refractivity contribution is 9.10. The summed E-state index contributed by atoms with van der Waals surface area (Å²) in [6.45, 7) is 0.861. The number of rotatable bonds is 7. The standard InChI is InChI=1S/C22H22BrN3O4/c1-28-9-8-24-22(27)20-17-10-13-11-18(29-2)19(30-3)12-16(13)21(17)26(25-20)15-6-4-14(23)5-7-15/h4-7,11-12H,8-10H2,1-3H3,(H,24,27). The molecule has 0 saturated heterocycles. The first-order valence-corrected chi connectivity index (χ1v) is 10.3. The molecule has 8 heteroatoms. The summed E-state index contributed by atoms with van der Waals surface area (Å²) in [5, 5.41) is 7.56. The maximum atomic E-state index is 12.9. The number of fused-ring (bicyclic) bond motifs is 3. The van der Waals surface area contributed by atoms with Crippen molar-refractivity contribution in [2.75, 3.05) is 34.5 Å². The molecule has 0 radical (unpaired) electrons. The Labute approximate surface area is 183 Å². The molecule has 4 rings (SSSR count). The molecule has 1 N–H and O–H groups in total. The van der Waals surface area contributed by atoms with E-state index in [2.05, 4.69) is 26.3 Å². The largest absolute Gasteiger partial charge is 0.493 e. The van der Waals surface area contributed by atoms with Gasteiger partial charge in [-0.3, -0.25) is 4.79 Å². The minimum absolute atomic E-state index is 0.217. The molecule has 3 aromatic rings. The zero-order chi connectivity index (χ0) is 21.3. The van der Waals surface area contributed by atoms with Crippen molar-refractivity contribution in [1.29, 1.82) is 0 Å². The van der Waals surface area contributed by atoms with E-state index in [4.69, 9.17) is 14.2 Å². The van der Waals surface area contributed by atoms with Crippen LogP contribution >= 0.6 is 15.9 Å². The van der Waals surface area contributed by atoms with Crippen LogP contribution < -0.4 is 14.8 Å². The molecule has 1 heterocycles. The Morgan fingerprint density at radius 1 is 1.13 bits per heavy atom. The van der Waals surface area contributed by atoms with Crippen LogP contribution in [0.5, 0.6) is 11.5 Å². The lowest BCUT2D eigenvalue weighted by molar-refractivity contribution is 0.0931. The first-order valence-electron chi connectivity index (χ1n) is 9.47. The van der Waals surface area contributed by atoms with Crippen molar-refractivity contribution in [3.8, 4) is 28.4 Å². The summed E-state index contributed by atoms with van der Waals surface area (Å²) in [4.78, 5) is 12.9. The molecule has 1 amide bonds. The maximum Gasteiger partial charge on any atom is 0.272 e. The Morgan fingerprint density at radius 2 is 1.83 bits per heavy atom. The molecular formula is C22H22BrN3O4. The van der Waals surface area contributed by atoms with E-state index in [-0.39, 0.29) is 5.91 Å². The fourth-order valence-electron chi connectivity index (χ4n) is 3.67. The molecule has 0 spiro atoms. The van der Waals surface area contributed by atoms with Crippen molar-refractivity contribution < 1.29 is 19.0 Å². The predicted molar refractivity (Wildman–Crippen MR) is 117 cm³/mol. The molecule has 7 nitrogen and oxygen atoms in total. The van der Waals surface area contributed by atoms with Crippen LogP contribution in [0.15, 0.2) is 40.9 Å².